The van der Waals surface area contributed by atoms with Crippen LogP contribution in [0.2, 0.25) is 0 Å². The van der Waals surface area contributed by atoms with Gasteiger partial charge in [0.25, 0.3) is 0 Å². The Kier molecular flexibility index (Phi) is 5.34. The number of halogens is 2. The van der Waals surface area contributed by atoms with Crippen molar-refractivity contribution >= 4 is 0 Å². The average molecular weight is 303 g/mol. The van der Waals surface area contributed by atoms with Gasteiger partial charge in [0.05, 0.1) is 0 Å². The van der Waals surface area contributed by atoms with E-state index in [0.717, 1.165) is 0 Å². The summed E-state index contributed by atoms with van der Waals surface area (Å²) in [5.41, 5.74) is 6.61. The molecule has 0 aromatic rings. The maximum absolute atomic E-state index is 2.48. The van der Waals surface area contributed by atoms with Crippen LogP contribution < -0.4 is 24.8 Å². The molecule has 1 heterocycles. The van der Waals surface area contributed by atoms with Gasteiger partial charge in [-0.1, -0.05) is 0 Å². The molecule has 0 aromatic carbocycles. The maximum Gasteiger partial charge on any atom is -1.00 e. The first-order valence-corrected chi connectivity index (χ1v) is 7.37. The molecular weight excluding hydrogens is 287 g/mol. The van der Waals surface area contributed by atoms with Crippen molar-refractivity contribution in [1.29, 1.82) is 0 Å². The van der Waals surface area contributed by atoms with E-state index in [0.29, 0.717) is 0 Å². The van der Waals surface area contributed by atoms with Gasteiger partial charge in [-0.3, -0.25) is 0 Å². The minimum absolute atomic E-state index is 0. The Morgan fingerprint density at radius 2 is 1.24 bits per heavy atom. The Morgan fingerprint density at radius 3 is 1.65 bits per heavy atom. The van der Waals surface area contributed by atoms with Gasteiger partial charge >= 0.3 is 101 Å². The van der Waals surface area contributed by atoms with E-state index >= 15 is 0 Å². The van der Waals surface area contributed by atoms with Gasteiger partial charge in [0.1, 0.15) is 0 Å². The third-order valence-corrected chi connectivity index (χ3v) is 6.69. The predicted molar refractivity (Wildman–Crippen MR) is 60.0 cm³/mol. The summed E-state index contributed by atoms with van der Waals surface area (Å²) in [6.45, 7) is 4.70. The molecule has 0 nitrogen and oxygen atoms in total. The monoisotopic (exact) mass is 302 g/mol. The summed E-state index contributed by atoms with van der Waals surface area (Å²) in [6, 6.07) is 0. The molecule has 0 N–H and O–H groups in total. The fraction of sp³-hybridized carbons (Fsp3) is 0.429. The largest absolute Gasteiger partial charge is 1.00 e. The molecule has 90 valence electrons. The van der Waals surface area contributed by atoms with E-state index in [9.17, 15) is 0 Å². The van der Waals surface area contributed by atoms with Gasteiger partial charge in [-0.05, 0) is 0 Å². The number of rotatable bonds is 0. The predicted octanol–water partition coefficient (Wildman–Crippen LogP) is -1.92. The average Bonchev–Trinajstić information content (AvgIpc) is 2.74. The van der Waals surface area contributed by atoms with Crippen LogP contribution in [0.5, 0.6) is 0 Å². The Balaban J connectivity index is 0.000000722. The summed E-state index contributed by atoms with van der Waals surface area (Å²) in [7, 11) is 0. The molecule has 17 heavy (non-hydrogen) atoms. The molecule has 0 fully saturated rings. The van der Waals surface area contributed by atoms with Gasteiger partial charge in [-0.25, -0.2) is 0 Å². The van der Waals surface area contributed by atoms with Crippen LogP contribution in [0.25, 0.3) is 0 Å². The van der Waals surface area contributed by atoms with E-state index < -0.39 is 0 Å². The van der Waals surface area contributed by atoms with Gasteiger partial charge in [0.15, 0.2) is 0 Å². The summed E-state index contributed by atoms with van der Waals surface area (Å²) in [4.78, 5) is 0. The minimum atomic E-state index is 0. The molecule has 0 amide bonds. The van der Waals surface area contributed by atoms with Crippen LogP contribution in [0.1, 0.15) is 39.5 Å². The van der Waals surface area contributed by atoms with Gasteiger partial charge < -0.3 is 24.8 Å². The molecule has 3 rings (SSSR count). The first-order chi connectivity index (χ1) is 7.25. The van der Waals surface area contributed by atoms with Gasteiger partial charge in [-0.15, -0.1) is 0 Å². The van der Waals surface area contributed by atoms with E-state index in [2.05, 4.69) is 26.0 Å². The Hall–Kier alpha value is 0.254. The Labute approximate surface area is 125 Å². The third kappa shape index (κ3) is 2.66. The molecule has 3 aliphatic rings. The quantitative estimate of drug-likeness (QED) is 0.458. The third-order valence-electron chi connectivity index (χ3n) is 3.94. The van der Waals surface area contributed by atoms with Crippen molar-refractivity contribution in [3.05, 3.63) is 42.2 Å². The molecule has 0 radical (unpaired) electrons. The molecule has 2 aliphatic carbocycles. The molecule has 0 saturated carbocycles. The van der Waals surface area contributed by atoms with Crippen molar-refractivity contribution in [2.24, 2.45) is 0 Å². The van der Waals surface area contributed by atoms with Crippen molar-refractivity contribution in [3.8, 4) is 0 Å². The number of hydrogen-bond donors (Lipinski definition) is 0. The van der Waals surface area contributed by atoms with Crippen molar-refractivity contribution in [2.45, 2.75) is 39.5 Å². The normalized spacial score (nSPS) is 21.1. The van der Waals surface area contributed by atoms with Gasteiger partial charge in [-0.2, -0.15) is 0 Å². The first kappa shape index (κ1) is 15.3. The van der Waals surface area contributed by atoms with Gasteiger partial charge in [0, 0.05) is 0 Å². The van der Waals surface area contributed by atoms with Crippen LogP contribution in [0.15, 0.2) is 42.2 Å². The van der Waals surface area contributed by atoms with E-state index in [-0.39, 0.29) is 44.0 Å². The zero-order valence-electron chi connectivity index (χ0n) is 10.2. The van der Waals surface area contributed by atoms with E-state index in [1.165, 1.54) is 25.7 Å². The van der Waals surface area contributed by atoms with Crippen LogP contribution in [0.3, 0.4) is 0 Å². The second-order valence-corrected chi connectivity index (χ2v) is 6.97. The minimum Gasteiger partial charge on any atom is -1.00 e. The van der Waals surface area contributed by atoms with E-state index in [4.69, 9.17) is 0 Å². The molecule has 3 heteroatoms. The first-order valence-electron chi connectivity index (χ1n) is 5.81. The standard InChI is InChI=1S/C14H16.2ClH.Ti/c1-11-5-3-7-13(11)9-10-14-8-4-6-12(14)2;;;/h7-8H,3-4,9-10H2,1-2H3;2*1H;/q;;;+2/p-2. The van der Waals surface area contributed by atoms with Gasteiger partial charge in [0.2, 0.25) is 0 Å². The smallest absolute Gasteiger partial charge is 1.00 e. The Bertz CT molecular complexity index is 411. The Morgan fingerprint density at radius 1 is 0.824 bits per heavy atom. The summed E-state index contributed by atoms with van der Waals surface area (Å²) in [5, 5.41) is 0. The fourth-order valence-corrected chi connectivity index (χ4v) is 5.06. The number of hydrogen-bond acceptors (Lipinski definition) is 0. The summed E-state index contributed by atoms with van der Waals surface area (Å²) in [5.74, 6) is 0. The van der Waals surface area contributed by atoms with Crippen LogP contribution in [0, 0.1) is 0 Å². The SMILES string of the molecule is CC1=[C]2CC=C1CCC1=CC[C](=C1C)[Ti+2]2.[Cl-].[Cl-]. The second kappa shape index (κ2) is 5.93. The van der Waals surface area contributed by atoms with Crippen molar-refractivity contribution < 1.29 is 44.0 Å². The molecular formula is C14H16Cl2Ti. The zero-order valence-corrected chi connectivity index (χ0v) is 13.3. The topological polar surface area (TPSA) is 0 Å². The van der Waals surface area contributed by atoms with Crippen LogP contribution in [-0.2, 0) is 19.2 Å². The van der Waals surface area contributed by atoms with Crippen molar-refractivity contribution in [1.82, 2.24) is 0 Å². The van der Waals surface area contributed by atoms with Crippen LogP contribution in [0.4, 0.5) is 0 Å². The maximum atomic E-state index is 2.48. The van der Waals surface area contributed by atoms with E-state index in [1.54, 1.807) is 30.0 Å². The number of fused-ring (bicyclic) bond motifs is 2. The summed E-state index contributed by atoms with van der Waals surface area (Å²) < 4.78 is 3.60. The molecule has 0 aromatic heterocycles. The van der Waals surface area contributed by atoms with Crippen molar-refractivity contribution in [3.63, 3.8) is 0 Å². The molecule has 0 saturated heterocycles. The molecule has 0 unspecified atom stereocenters. The molecule has 4 bridgehead atoms. The van der Waals surface area contributed by atoms with Crippen LogP contribution >= 0.6 is 0 Å². The second-order valence-electron chi connectivity index (χ2n) is 4.70. The summed E-state index contributed by atoms with van der Waals surface area (Å²) in [6.07, 6.45) is 10.1. The molecule has 0 spiro atoms. The number of allylic oxidation sites excluding steroid dienone is 8. The van der Waals surface area contributed by atoms with E-state index in [1.807, 2.05) is 0 Å². The summed E-state index contributed by atoms with van der Waals surface area (Å²) >= 11 is 0.0341. The van der Waals surface area contributed by atoms with Crippen molar-refractivity contribution in [2.75, 3.05) is 0 Å². The molecule has 0 atom stereocenters. The fourth-order valence-electron chi connectivity index (χ4n) is 2.77. The molecule has 1 aliphatic heterocycles. The van der Waals surface area contributed by atoms with Crippen LogP contribution in [-0.4, -0.2) is 0 Å². The zero-order chi connectivity index (χ0) is 10.4.